The van der Waals surface area contributed by atoms with Crippen molar-refractivity contribution < 1.29 is 0 Å². The Kier molecular flexibility index (Phi) is 35.9. The first-order chi connectivity index (χ1) is 3.00. The van der Waals surface area contributed by atoms with Crippen molar-refractivity contribution in [1.29, 1.82) is 0 Å². The molecule has 0 aliphatic carbocycles. The Hall–Kier alpha value is -0.538. The minimum atomic E-state index is 0. The largest absolute Gasteiger partial charge is 0.0623 e. The molecule has 0 unspecified atom stereocenters. The maximum Gasteiger partial charge on any atom is 0 e. The summed E-state index contributed by atoms with van der Waals surface area (Å²) in [5.74, 6) is 0. The first kappa shape index (κ1) is 22.7. The third-order valence-corrected chi connectivity index (χ3v) is 0.667. The molecule has 0 aliphatic heterocycles. The molecule has 14 radical (unpaired) electrons. The molecule has 46 valence electrons. The molecule has 10 heavy (non-hydrogen) atoms. The second-order valence-electron chi connectivity index (χ2n) is 1.15. The van der Waals surface area contributed by atoms with Crippen molar-refractivity contribution >= 4 is 19.4 Å². The Balaban J connectivity index is -0.0000000450. The van der Waals surface area contributed by atoms with Crippen molar-refractivity contribution in [3.63, 3.8) is 0 Å². The highest BCUT2D eigenvalue weighted by molar-refractivity contribution is 5.76. The Morgan fingerprint density at radius 1 is 0.600 bits per heavy atom. The summed E-state index contributed by atoms with van der Waals surface area (Å²) in [5.41, 5.74) is 0. The Morgan fingerprint density at radius 2 is 0.700 bits per heavy atom. The van der Waals surface area contributed by atoms with Crippen LogP contribution in [0.25, 0.3) is 0 Å². The van der Waals surface area contributed by atoms with Crippen LogP contribution in [-0.2, 0) is 0 Å². The van der Waals surface area contributed by atoms with Crippen LogP contribution in [0.1, 0.15) is 0 Å². The van der Waals surface area contributed by atoms with E-state index in [0.717, 1.165) is 0 Å². The highest BCUT2D eigenvalue weighted by atomic mass is 28.1. The van der Waals surface area contributed by atoms with Crippen LogP contribution in [0.3, 0.4) is 0 Å². The summed E-state index contributed by atoms with van der Waals surface area (Å²) in [4.78, 5) is 0. The monoisotopic (exact) mass is 143 g/mol. The van der Waals surface area contributed by atoms with Crippen LogP contribution in [0.2, 0.25) is 0 Å². The van der Waals surface area contributed by atoms with Crippen LogP contribution in [-0.4, -0.2) is 19.4 Å². The lowest BCUT2D eigenvalue weighted by atomic mass is 10.4. The molecule has 0 fully saturated rings. The number of benzene rings is 1. The zero-order valence-electron chi connectivity index (χ0n) is 5.49. The Morgan fingerprint density at radius 3 is 0.800 bits per heavy atom. The van der Waals surface area contributed by atoms with E-state index in [1.807, 2.05) is 36.4 Å². The molecule has 0 spiro atoms. The van der Waals surface area contributed by atoms with E-state index in [9.17, 15) is 0 Å². The predicted molar refractivity (Wildman–Crippen MR) is 43.3 cm³/mol. The lowest BCUT2D eigenvalue weighted by Gasteiger charge is -1.69. The fraction of sp³-hybridized carbons (Fsp3) is 0. The van der Waals surface area contributed by atoms with Crippen molar-refractivity contribution in [3.05, 3.63) is 43.8 Å². The number of rotatable bonds is 0. The van der Waals surface area contributed by atoms with Gasteiger partial charge >= 0.3 is 0 Å². The number of nitrogens with zero attached hydrogens (tertiary/aromatic N) is 1. The molecular weight excluding hydrogens is 137 g/mol. The summed E-state index contributed by atoms with van der Waals surface area (Å²) in [7, 11) is 0. The third-order valence-electron chi connectivity index (χ3n) is 0.667. The molecule has 0 saturated heterocycles. The van der Waals surface area contributed by atoms with Gasteiger partial charge in [-0.2, -0.15) is 0 Å². The SMILES string of the molecule is [B].[C].[N].[Si].c1ccccc1. The topological polar surface area (TPSA) is 30.5 Å². The van der Waals surface area contributed by atoms with Crippen molar-refractivity contribution in [3.8, 4) is 0 Å². The molecule has 0 amide bonds. The van der Waals surface area contributed by atoms with Crippen LogP contribution >= 0.6 is 0 Å². The summed E-state index contributed by atoms with van der Waals surface area (Å²) >= 11 is 0. The molecule has 0 bridgehead atoms. The van der Waals surface area contributed by atoms with Gasteiger partial charge in [-0.25, -0.2) is 0 Å². The van der Waals surface area contributed by atoms with Gasteiger partial charge in [0.1, 0.15) is 0 Å². The van der Waals surface area contributed by atoms with Gasteiger partial charge in [0, 0.05) is 33.0 Å². The molecular formula is C7H6BNSi. The molecule has 1 aromatic carbocycles. The van der Waals surface area contributed by atoms with Crippen molar-refractivity contribution in [2.24, 2.45) is 0 Å². The van der Waals surface area contributed by atoms with Gasteiger partial charge in [-0.05, 0) is 0 Å². The van der Waals surface area contributed by atoms with Crippen LogP contribution in [0, 0.1) is 7.43 Å². The standard InChI is InChI=1S/C6H6.C.B.N.Si/c1-2-4-6-5-3-1;;;;/h1-6H;;;;. The van der Waals surface area contributed by atoms with Gasteiger partial charge in [0.2, 0.25) is 0 Å². The molecule has 0 heterocycles. The van der Waals surface area contributed by atoms with Crippen molar-refractivity contribution in [1.82, 2.24) is 6.15 Å². The minimum Gasteiger partial charge on any atom is -0.0623 e. The highest BCUT2D eigenvalue weighted by Gasteiger charge is 1.57. The maximum absolute atomic E-state index is 2.00. The summed E-state index contributed by atoms with van der Waals surface area (Å²) in [6.07, 6.45) is 0. The Labute approximate surface area is 70.0 Å². The first-order valence-electron chi connectivity index (χ1n) is 2.00. The molecule has 0 N–H and O–H groups in total. The van der Waals surface area contributed by atoms with E-state index in [4.69, 9.17) is 0 Å². The van der Waals surface area contributed by atoms with Gasteiger partial charge in [-0.3, -0.25) is 0 Å². The lowest BCUT2D eigenvalue weighted by molar-refractivity contribution is 1.72. The average molecular weight is 143 g/mol. The average Bonchev–Trinajstić information content (AvgIpc) is 1.72. The molecule has 0 aliphatic rings. The van der Waals surface area contributed by atoms with E-state index in [1.165, 1.54) is 0 Å². The predicted octanol–water partition coefficient (Wildman–Crippen LogP) is 0.526. The van der Waals surface area contributed by atoms with Gasteiger partial charge in [0.15, 0.2) is 0 Å². The quantitative estimate of drug-likeness (QED) is 0.474. The van der Waals surface area contributed by atoms with Crippen LogP contribution in [0.4, 0.5) is 0 Å². The summed E-state index contributed by atoms with van der Waals surface area (Å²) in [6, 6.07) is 12.0. The zero-order chi connectivity index (χ0) is 4.24. The van der Waals surface area contributed by atoms with Crippen LogP contribution < -0.4 is 6.15 Å². The minimum absolute atomic E-state index is 0. The number of hydrogen-bond acceptors (Lipinski definition) is 0. The normalized spacial score (nSPS) is 4.80. The Bertz CT molecular complexity index is 85.5. The van der Waals surface area contributed by atoms with Gasteiger partial charge in [-0.15, -0.1) is 0 Å². The molecule has 1 aromatic rings. The second kappa shape index (κ2) is 15.8. The molecule has 1 nitrogen and oxygen atoms in total. The summed E-state index contributed by atoms with van der Waals surface area (Å²) in [5, 5.41) is 0. The van der Waals surface area contributed by atoms with Crippen molar-refractivity contribution in [2.75, 3.05) is 0 Å². The van der Waals surface area contributed by atoms with Gasteiger partial charge < -0.3 is 0 Å². The highest BCUT2D eigenvalue weighted by Crippen LogP contribution is 1.79. The van der Waals surface area contributed by atoms with E-state index >= 15 is 0 Å². The first-order valence-corrected chi connectivity index (χ1v) is 2.00. The fourth-order valence-corrected chi connectivity index (χ4v) is 0.385. The van der Waals surface area contributed by atoms with E-state index in [0.29, 0.717) is 0 Å². The van der Waals surface area contributed by atoms with E-state index < -0.39 is 0 Å². The van der Waals surface area contributed by atoms with E-state index in [-0.39, 0.29) is 33.0 Å². The fourth-order valence-electron chi connectivity index (χ4n) is 0.385. The van der Waals surface area contributed by atoms with Crippen LogP contribution in [0.15, 0.2) is 36.4 Å². The smallest absolute Gasteiger partial charge is 0 e. The van der Waals surface area contributed by atoms with E-state index in [1.54, 1.807) is 0 Å². The zero-order valence-corrected chi connectivity index (χ0v) is 6.49. The lowest BCUT2D eigenvalue weighted by Crippen LogP contribution is -1.47. The molecule has 1 rings (SSSR count). The van der Waals surface area contributed by atoms with Gasteiger partial charge in [0.05, 0.1) is 0 Å². The third kappa shape index (κ3) is 10.4. The second-order valence-corrected chi connectivity index (χ2v) is 1.15. The van der Waals surface area contributed by atoms with Crippen molar-refractivity contribution in [2.45, 2.75) is 0 Å². The molecule has 0 atom stereocenters. The molecule has 0 saturated carbocycles. The summed E-state index contributed by atoms with van der Waals surface area (Å²) < 4.78 is 0. The maximum atomic E-state index is 2.00. The van der Waals surface area contributed by atoms with Gasteiger partial charge in [-0.1, -0.05) is 36.4 Å². The van der Waals surface area contributed by atoms with Gasteiger partial charge in [0.25, 0.3) is 0 Å². The van der Waals surface area contributed by atoms with E-state index in [2.05, 4.69) is 0 Å². The summed E-state index contributed by atoms with van der Waals surface area (Å²) in [6.45, 7) is 0. The molecule has 0 aromatic heterocycles. The van der Waals surface area contributed by atoms with Crippen LogP contribution in [0.5, 0.6) is 0 Å². The molecule has 3 heteroatoms. The number of hydrogen-bond donors (Lipinski definition) is 0.